The smallest absolute Gasteiger partial charge is 0.251 e. The van der Waals surface area contributed by atoms with E-state index in [1.54, 1.807) is 26.0 Å². The molecule has 3 unspecified atom stereocenters. The number of ether oxygens (including phenoxy) is 1. The number of anilines is 1. The highest BCUT2D eigenvalue weighted by atomic mass is 35.5. The molecule has 1 aliphatic heterocycles. The summed E-state index contributed by atoms with van der Waals surface area (Å²) in [7, 11) is -1.73. The number of aryl methyl sites for hydroxylation is 1. The Morgan fingerprint density at radius 1 is 1.21 bits per heavy atom. The average molecular weight is 614 g/mol. The van der Waals surface area contributed by atoms with Gasteiger partial charge in [-0.1, -0.05) is 56.5 Å². The molecule has 0 aromatic heterocycles. The molecule has 0 radical (unpaired) electrons. The van der Waals surface area contributed by atoms with Crippen LogP contribution in [0.4, 0.5) is 5.69 Å². The van der Waals surface area contributed by atoms with Crippen molar-refractivity contribution in [1.29, 1.82) is 0 Å². The maximum atomic E-state index is 13.4. The summed E-state index contributed by atoms with van der Waals surface area (Å²) in [5.74, 6) is 1.10. The Labute approximate surface area is 260 Å². The van der Waals surface area contributed by atoms with Gasteiger partial charge in [-0.2, -0.15) is 0 Å². The summed E-state index contributed by atoms with van der Waals surface area (Å²) < 4.78 is 22.5. The molecule has 230 valence electrons. The third-order valence-corrected chi connectivity index (χ3v) is 9.32. The van der Waals surface area contributed by atoms with Crippen LogP contribution in [0, 0.1) is 5.92 Å². The first kappa shape index (κ1) is 33.9. The average Bonchev–Trinajstić information content (AvgIpc) is 3.16. The number of hydrogen-bond acceptors (Lipinski definition) is 5. The minimum atomic E-state index is -1.73. The van der Waals surface area contributed by atoms with Crippen LogP contribution in [0.1, 0.15) is 76.8 Å². The van der Waals surface area contributed by atoms with E-state index in [1.165, 1.54) is 11.1 Å². The predicted octanol–water partition coefficient (Wildman–Crippen LogP) is 7.35. The highest BCUT2D eigenvalue weighted by molar-refractivity contribution is 7.83. The monoisotopic (exact) mass is 613 g/mol. The fraction of sp³-hybridized carbons (Fsp3) is 0.500. The number of nitrogens with one attached hydrogen (secondary N) is 2. The molecule has 2 aromatic carbocycles. The van der Waals surface area contributed by atoms with Crippen molar-refractivity contribution in [3.05, 3.63) is 77.9 Å². The number of halogens is 1. The quantitative estimate of drug-likeness (QED) is 0.194. The Kier molecular flexibility index (Phi) is 13.1. The van der Waals surface area contributed by atoms with Crippen molar-refractivity contribution in [1.82, 2.24) is 10.0 Å². The predicted molar refractivity (Wildman–Crippen MR) is 177 cm³/mol. The molecule has 0 bridgehead atoms. The molecule has 1 aliphatic rings. The van der Waals surface area contributed by atoms with Crippen molar-refractivity contribution >= 4 is 34.2 Å². The molecule has 8 heteroatoms. The zero-order valence-corrected chi connectivity index (χ0v) is 27.3. The summed E-state index contributed by atoms with van der Waals surface area (Å²) in [6, 6.07) is 11.8. The van der Waals surface area contributed by atoms with Gasteiger partial charge in [-0.15, -0.1) is 13.2 Å². The number of nitrogens with zero attached hydrogens (tertiary/aromatic N) is 1. The number of amides is 1. The molecule has 0 spiro atoms. The number of unbranched alkanes of at least 4 members (excludes halogenated alkanes) is 1. The van der Waals surface area contributed by atoms with Crippen LogP contribution in [-0.4, -0.2) is 41.9 Å². The summed E-state index contributed by atoms with van der Waals surface area (Å²) >= 11 is 6.42. The van der Waals surface area contributed by atoms with E-state index in [9.17, 15) is 9.00 Å². The lowest BCUT2D eigenvalue weighted by atomic mass is 9.91. The van der Waals surface area contributed by atoms with E-state index in [-0.39, 0.29) is 11.8 Å². The van der Waals surface area contributed by atoms with Gasteiger partial charge in [0, 0.05) is 30.6 Å². The first-order chi connectivity index (χ1) is 20.1. The number of allylic oxidation sites excluding steroid dienone is 1. The lowest BCUT2D eigenvalue weighted by Gasteiger charge is -2.29. The minimum absolute atomic E-state index is 0.145. The summed E-state index contributed by atoms with van der Waals surface area (Å²) in [6.45, 7) is 18.2. The minimum Gasteiger partial charge on any atom is -0.491 e. The zero-order chi connectivity index (χ0) is 30.7. The fourth-order valence-corrected chi connectivity index (χ4v) is 6.43. The number of carbonyl (C=O) groups excluding carboxylic acids is 1. The van der Waals surface area contributed by atoms with Gasteiger partial charge >= 0.3 is 0 Å². The lowest BCUT2D eigenvalue weighted by molar-refractivity contribution is -0.124. The lowest BCUT2D eigenvalue weighted by Crippen LogP contribution is -2.52. The Morgan fingerprint density at radius 3 is 2.69 bits per heavy atom. The first-order valence-corrected chi connectivity index (χ1v) is 16.7. The summed E-state index contributed by atoms with van der Waals surface area (Å²) in [6.07, 6.45) is 9.95. The van der Waals surface area contributed by atoms with E-state index >= 15 is 0 Å². The van der Waals surface area contributed by atoms with Crippen LogP contribution in [0.15, 0.2) is 66.6 Å². The Balaban J connectivity index is 1.93. The van der Waals surface area contributed by atoms with Crippen molar-refractivity contribution in [2.75, 3.05) is 31.1 Å². The molecular weight excluding hydrogens is 566 g/mol. The van der Waals surface area contributed by atoms with Crippen molar-refractivity contribution in [3.8, 4) is 5.75 Å². The SMILES string of the molecule is C=CCNC(C)(C)C(=O)NS(=O)c1ccc2c(c1)N(CCC(CC)CC=C)CC(c1ccc(Cl)cc1CCCC)CO2. The largest absolute Gasteiger partial charge is 0.491 e. The third-order valence-electron chi connectivity index (χ3n) is 8.04. The Morgan fingerprint density at radius 2 is 2.00 bits per heavy atom. The van der Waals surface area contributed by atoms with Crippen LogP contribution in [0.5, 0.6) is 5.75 Å². The third kappa shape index (κ3) is 9.19. The Hall–Kier alpha value is -2.61. The molecule has 2 aromatic rings. The van der Waals surface area contributed by atoms with Crippen LogP contribution < -0.4 is 19.7 Å². The van der Waals surface area contributed by atoms with Crippen molar-refractivity contribution in [3.63, 3.8) is 0 Å². The van der Waals surface area contributed by atoms with Gasteiger partial charge in [0.05, 0.1) is 22.7 Å². The van der Waals surface area contributed by atoms with E-state index in [4.69, 9.17) is 16.3 Å². The van der Waals surface area contributed by atoms with E-state index in [0.717, 1.165) is 68.1 Å². The van der Waals surface area contributed by atoms with Crippen LogP contribution in [0.3, 0.4) is 0 Å². The topological polar surface area (TPSA) is 70.7 Å². The molecule has 1 amide bonds. The molecule has 3 rings (SSSR count). The molecule has 3 atom stereocenters. The molecule has 6 nitrogen and oxygen atoms in total. The summed E-state index contributed by atoms with van der Waals surface area (Å²) in [5.41, 5.74) is 2.55. The number of carbonyl (C=O) groups is 1. The van der Waals surface area contributed by atoms with Gasteiger partial charge in [-0.25, -0.2) is 4.21 Å². The highest BCUT2D eigenvalue weighted by Gasteiger charge is 2.30. The summed E-state index contributed by atoms with van der Waals surface area (Å²) in [4.78, 5) is 15.8. The zero-order valence-electron chi connectivity index (χ0n) is 25.7. The summed E-state index contributed by atoms with van der Waals surface area (Å²) in [5, 5.41) is 3.86. The number of rotatable bonds is 16. The van der Waals surface area contributed by atoms with Crippen molar-refractivity contribution in [2.24, 2.45) is 5.92 Å². The molecule has 0 saturated heterocycles. The van der Waals surface area contributed by atoms with Crippen LogP contribution >= 0.6 is 11.6 Å². The van der Waals surface area contributed by atoms with E-state index in [2.05, 4.69) is 54.1 Å². The van der Waals surface area contributed by atoms with Crippen LogP contribution in [-0.2, 0) is 22.2 Å². The second-order valence-electron chi connectivity index (χ2n) is 11.6. The van der Waals surface area contributed by atoms with E-state index < -0.39 is 16.5 Å². The van der Waals surface area contributed by atoms with Crippen LogP contribution in [0.25, 0.3) is 0 Å². The molecule has 2 N–H and O–H groups in total. The van der Waals surface area contributed by atoms with Gasteiger partial charge in [0.25, 0.3) is 5.91 Å². The van der Waals surface area contributed by atoms with Crippen LogP contribution in [0.2, 0.25) is 5.02 Å². The molecule has 1 heterocycles. The maximum absolute atomic E-state index is 13.4. The van der Waals surface area contributed by atoms with Crippen molar-refractivity contribution in [2.45, 2.75) is 82.6 Å². The number of fused-ring (bicyclic) bond motifs is 1. The van der Waals surface area contributed by atoms with Gasteiger partial charge in [-0.3, -0.25) is 9.52 Å². The van der Waals surface area contributed by atoms with E-state index in [1.807, 2.05) is 24.3 Å². The second-order valence-corrected chi connectivity index (χ2v) is 13.3. The number of benzene rings is 2. The first-order valence-electron chi connectivity index (χ1n) is 15.1. The van der Waals surface area contributed by atoms with Crippen molar-refractivity contribution < 1.29 is 13.7 Å². The fourth-order valence-electron chi connectivity index (χ4n) is 5.29. The van der Waals surface area contributed by atoms with Gasteiger partial charge in [0.1, 0.15) is 5.75 Å². The number of hydrogen-bond donors (Lipinski definition) is 2. The highest BCUT2D eigenvalue weighted by Crippen LogP contribution is 2.38. The molecule has 0 saturated carbocycles. The van der Waals surface area contributed by atoms with Gasteiger partial charge in [0.15, 0.2) is 11.0 Å². The molecular formula is C34H48ClN3O3S. The normalized spacial score (nSPS) is 16.5. The van der Waals surface area contributed by atoms with Gasteiger partial charge < -0.3 is 15.0 Å². The maximum Gasteiger partial charge on any atom is 0.251 e. The van der Waals surface area contributed by atoms with E-state index in [0.29, 0.717) is 24.0 Å². The van der Waals surface area contributed by atoms with Gasteiger partial charge in [0.2, 0.25) is 0 Å². The molecule has 0 aliphatic carbocycles. The Bertz CT molecular complexity index is 1250. The second kappa shape index (κ2) is 16.3. The molecule has 42 heavy (non-hydrogen) atoms. The molecule has 0 fully saturated rings. The standard InChI is InChI=1S/C34H48ClN3O3S/c1-7-11-13-26-21-28(35)14-16-30(26)27-23-38(20-18-25(10-4)12-8-2)31-22-29(15-17-32(31)41-24-27)42(40)37-33(39)34(5,6)36-19-9-3/h8-9,14-17,21-22,25,27,36H,2-3,7,10-13,18-20,23-24H2,1,4-6H3,(H,37,39). The van der Waals surface area contributed by atoms with Gasteiger partial charge in [-0.05, 0) is 86.9 Å².